The number of hydrogen-bond acceptors (Lipinski definition) is 4. The third-order valence-electron chi connectivity index (χ3n) is 3.14. The van der Waals surface area contributed by atoms with Crippen LogP contribution >= 0.6 is 0 Å². The first kappa shape index (κ1) is 11.3. The molecule has 0 spiro atoms. The van der Waals surface area contributed by atoms with E-state index in [0.717, 1.165) is 19.6 Å². The molecule has 2 N–H and O–H groups in total. The first-order valence-corrected chi connectivity index (χ1v) is 5.71. The molecule has 3 amide bonds. The summed E-state index contributed by atoms with van der Waals surface area (Å²) in [4.78, 5) is 26.6. The highest BCUT2D eigenvalue weighted by Crippen LogP contribution is 2.05. The van der Waals surface area contributed by atoms with Crippen LogP contribution < -0.4 is 10.6 Å². The third-order valence-corrected chi connectivity index (χ3v) is 3.14. The summed E-state index contributed by atoms with van der Waals surface area (Å²) in [6.07, 6.45) is 0. The van der Waals surface area contributed by atoms with Crippen molar-refractivity contribution in [3.8, 4) is 0 Å². The number of rotatable bonds is 2. The molecule has 0 aromatic carbocycles. The topological polar surface area (TPSA) is 64.7 Å². The fourth-order valence-electron chi connectivity index (χ4n) is 2.09. The maximum atomic E-state index is 11.9. The molecule has 2 aliphatic heterocycles. The zero-order valence-corrected chi connectivity index (χ0v) is 9.53. The van der Waals surface area contributed by atoms with Crippen LogP contribution in [-0.4, -0.2) is 67.0 Å². The number of piperazine rings is 1. The van der Waals surface area contributed by atoms with Gasteiger partial charge in [0.05, 0.1) is 6.54 Å². The number of urea groups is 1. The average Bonchev–Trinajstić information content (AvgIpc) is 2.68. The molecule has 90 valence electrons. The van der Waals surface area contributed by atoms with Crippen molar-refractivity contribution >= 4 is 11.9 Å². The molecule has 0 aliphatic carbocycles. The Bertz CT molecular complexity index is 295. The number of hydrogen-bond donors (Lipinski definition) is 2. The highest BCUT2D eigenvalue weighted by molar-refractivity contribution is 5.96. The van der Waals surface area contributed by atoms with E-state index >= 15 is 0 Å². The van der Waals surface area contributed by atoms with Crippen molar-refractivity contribution in [1.82, 2.24) is 20.4 Å². The molecule has 6 heteroatoms. The molecule has 0 radical (unpaired) electrons. The standard InChI is InChI=1S/C10H18N4O2/c1-8-6-11-2-4-13(8)7-9(15)14-5-3-12-10(14)16/h8,11H,2-7H2,1H3,(H,12,16)/t8-/m1/s1. The summed E-state index contributed by atoms with van der Waals surface area (Å²) in [5.41, 5.74) is 0. The van der Waals surface area contributed by atoms with E-state index in [1.165, 1.54) is 4.90 Å². The molecule has 2 fully saturated rings. The Labute approximate surface area is 95.0 Å². The van der Waals surface area contributed by atoms with Crippen molar-refractivity contribution < 1.29 is 9.59 Å². The Morgan fingerprint density at radius 1 is 1.44 bits per heavy atom. The van der Waals surface area contributed by atoms with Gasteiger partial charge in [-0.2, -0.15) is 0 Å². The number of amides is 3. The zero-order valence-electron chi connectivity index (χ0n) is 9.53. The lowest BCUT2D eigenvalue weighted by Crippen LogP contribution is -2.53. The van der Waals surface area contributed by atoms with E-state index in [0.29, 0.717) is 25.7 Å². The van der Waals surface area contributed by atoms with Gasteiger partial charge in [0, 0.05) is 38.8 Å². The van der Waals surface area contributed by atoms with Gasteiger partial charge in [0.2, 0.25) is 5.91 Å². The fraction of sp³-hybridized carbons (Fsp3) is 0.800. The SMILES string of the molecule is C[C@@H]1CNCCN1CC(=O)N1CCNC1=O. The molecule has 6 nitrogen and oxygen atoms in total. The molecule has 0 bridgehead atoms. The third kappa shape index (κ3) is 2.33. The molecule has 1 atom stereocenters. The van der Waals surface area contributed by atoms with E-state index in [2.05, 4.69) is 22.5 Å². The summed E-state index contributed by atoms with van der Waals surface area (Å²) >= 11 is 0. The quantitative estimate of drug-likeness (QED) is 0.623. The second kappa shape index (κ2) is 4.80. The molecule has 2 rings (SSSR count). The summed E-state index contributed by atoms with van der Waals surface area (Å²) < 4.78 is 0. The average molecular weight is 226 g/mol. The molecule has 0 saturated carbocycles. The van der Waals surface area contributed by atoms with Crippen LogP contribution in [0.5, 0.6) is 0 Å². The van der Waals surface area contributed by atoms with Crippen molar-refractivity contribution in [1.29, 1.82) is 0 Å². The van der Waals surface area contributed by atoms with E-state index in [9.17, 15) is 9.59 Å². The zero-order chi connectivity index (χ0) is 11.5. The lowest BCUT2D eigenvalue weighted by molar-refractivity contribution is -0.129. The summed E-state index contributed by atoms with van der Waals surface area (Å²) in [5, 5.41) is 5.90. The number of nitrogens with zero attached hydrogens (tertiary/aromatic N) is 2. The van der Waals surface area contributed by atoms with E-state index in [-0.39, 0.29) is 11.9 Å². The largest absolute Gasteiger partial charge is 0.336 e. The van der Waals surface area contributed by atoms with Crippen molar-refractivity contribution in [2.24, 2.45) is 0 Å². The van der Waals surface area contributed by atoms with Crippen LogP contribution in [0.25, 0.3) is 0 Å². The molecule has 2 heterocycles. The van der Waals surface area contributed by atoms with Gasteiger partial charge in [0.1, 0.15) is 0 Å². The van der Waals surface area contributed by atoms with Crippen LogP contribution in [0.4, 0.5) is 4.79 Å². The highest BCUT2D eigenvalue weighted by Gasteiger charge is 2.29. The number of nitrogens with one attached hydrogen (secondary N) is 2. The van der Waals surface area contributed by atoms with E-state index in [1.54, 1.807) is 0 Å². The molecular weight excluding hydrogens is 208 g/mol. The minimum atomic E-state index is -0.257. The Morgan fingerprint density at radius 3 is 2.88 bits per heavy atom. The van der Waals surface area contributed by atoms with Gasteiger partial charge in [0.25, 0.3) is 0 Å². The van der Waals surface area contributed by atoms with Crippen molar-refractivity contribution in [2.45, 2.75) is 13.0 Å². The maximum Gasteiger partial charge on any atom is 0.324 e. The summed E-state index contributed by atoms with van der Waals surface area (Å²) in [6.45, 7) is 6.17. The fourth-order valence-corrected chi connectivity index (χ4v) is 2.09. The highest BCUT2D eigenvalue weighted by atomic mass is 16.2. The minimum Gasteiger partial charge on any atom is -0.336 e. The van der Waals surface area contributed by atoms with Gasteiger partial charge in [-0.25, -0.2) is 4.79 Å². The number of imide groups is 1. The van der Waals surface area contributed by atoms with Gasteiger partial charge >= 0.3 is 6.03 Å². The van der Waals surface area contributed by atoms with Crippen LogP contribution in [-0.2, 0) is 4.79 Å². The monoisotopic (exact) mass is 226 g/mol. The number of carbonyl (C=O) groups excluding carboxylic acids is 2. The van der Waals surface area contributed by atoms with E-state index in [4.69, 9.17) is 0 Å². The Hall–Kier alpha value is -1.14. The first-order chi connectivity index (χ1) is 7.68. The van der Waals surface area contributed by atoms with Gasteiger partial charge < -0.3 is 10.6 Å². The Morgan fingerprint density at radius 2 is 2.25 bits per heavy atom. The van der Waals surface area contributed by atoms with Crippen molar-refractivity contribution in [3.05, 3.63) is 0 Å². The van der Waals surface area contributed by atoms with Gasteiger partial charge in [-0.1, -0.05) is 0 Å². The van der Waals surface area contributed by atoms with E-state index < -0.39 is 0 Å². The van der Waals surface area contributed by atoms with Gasteiger partial charge in [-0.15, -0.1) is 0 Å². The minimum absolute atomic E-state index is 0.0937. The Kier molecular flexibility index (Phi) is 3.40. The second-order valence-electron chi connectivity index (χ2n) is 4.30. The predicted octanol–water partition coefficient (Wildman–Crippen LogP) is -1.17. The van der Waals surface area contributed by atoms with Crippen LogP contribution in [0, 0.1) is 0 Å². The summed E-state index contributed by atoms with van der Waals surface area (Å²) in [5.74, 6) is -0.0937. The van der Waals surface area contributed by atoms with Crippen molar-refractivity contribution in [3.63, 3.8) is 0 Å². The maximum absolute atomic E-state index is 11.9. The van der Waals surface area contributed by atoms with Crippen LogP contribution in [0.3, 0.4) is 0 Å². The molecule has 2 saturated heterocycles. The predicted molar refractivity (Wildman–Crippen MR) is 59.0 cm³/mol. The molecule has 2 aliphatic rings. The van der Waals surface area contributed by atoms with Gasteiger partial charge in [-0.3, -0.25) is 14.6 Å². The van der Waals surface area contributed by atoms with Crippen LogP contribution in [0.15, 0.2) is 0 Å². The number of carbonyl (C=O) groups is 2. The van der Waals surface area contributed by atoms with Crippen LogP contribution in [0.2, 0.25) is 0 Å². The molecule has 0 unspecified atom stereocenters. The van der Waals surface area contributed by atoms with Gasteiger partial charge in [0.15, 0.2) is 0 Å². The summed E-state index contributed by atoms with van der Waals surface area (Å²) in [6, 6.07) is 0.0937. The van der Waals surface area contributed by atoms with Gasteiger partial charge in [-0.05, 0) is 6.92 Å². The first-order valence-electron chi connectivity index (χ1n) is 5.71. The molecule has 16 heavy (non-hydrogen) atoms. The van der Waals surface area contributed by atoms with Crippen LogP contribution in [0.1, 0.15) is 6.92 Å². The normalized spacial score (nSPS) is 26.9. The van der Waals surface area contributed by atoms with Crippen molar-refractivity contribution in [2.75, 3.05) is 39.3 Å². The lowest BCUT2D eigenvalue weighted by atomic mass is 10.2. The lowest BCUT2D eigenvalue weighted by Gasteiger charge is -2.33. The Balaban J connectivity index is 1.88. The molecule has 0 aromatic rings. The van der Waals surface area contributed by atoms with E-state index in [1.807, 2.05) is 0 Å². The summed E-state index contributed by atoms with van der Waals surface area (Å²) in [7, 11) is 0. The molecule has 0 aromatic heterocycles. The smallest absolute Gasteiger partial charge is 0.324 e. The molecular formula is C10H18N4O2. The second-order valence-corrected chi connectivity index (χ2v) is 4.30.